The van der Waals surface area contributed by atoms with Crippen LogP contribution in [0.25, 0.3) is 0 Å². The van der Waals surface area contributed by atoms with Gasteiger partial charge in [0.25, 0.3) is 5.91 Å². The SMILES string of the molecule is COc1ccc(NC(=O)c2ccc(S(=O)(=O)NCCC#N)cc2)cc1F. The van der Waals surface area contributed by atoms with Gasteiger partial charge in [-0.15, -0.1) is 0 Å². The highest BCUT2D eigenvalue weighted by Gasteiger charge is 2.15. The third kappa shape index (κ3) is 4.78. The number of nitrogens with one attached hydrogen (secondary N) is 2. The molecule has 0 radical (unpaired) electrons. The Morgan fingerprint density at radius 3 is 2.50 bits per heavy atom. The first kappa shape index (κ1) is 19.4. The lowest BCUT2D eigenvalue weighted by molar-refractivity contribution is 0.102. The molecule has 0 aliphatic rings. The number of carbonyl (C=O) groups excluding carboxylic acids is 1. The number of anilines is 1. The van der Waals surface area contributed by atoms with E-state index in [4.69, 9.17) is 10.00 Å². The number of ether oxygens (including phenoxy) is 1. The third-order valence-corrected chi connectivity index (χ3v) is 4.84. The molecular formula is C17H16FN3O4S. The lowest BCUT2D eigenvalue weighted by Gasteiger charge is -2.09. The smallest absolute Gasteiger partial charge is 0.255 e. The zero-order valence-corrected chi connectivity index (χ0v) is 14.6. The van der Waals surface area contributed by atoms with Crippen molar-refractivity contribution in [2.24, 2.45) is 0 Å². The van der Waals surface area contributed by atoms with Gasteiger partial charge in [-0.1, -0.05) is 0 Å². The Morgan fingerprint density at radius 2 is 1.92 bits per heavy atom. The van der Waals surface area contributed by atoms with Crippen LogP contribution >= 0.6 is 0 Å². The van der Waals surface area contributed by atoms with E-state index in [2.05, 4.69) is 10.0 Å². The summed E-state index contributed by atoms with van der Waals surface area (Å²) < 4.78 is 44.7. The van der Waals surface area contributed by atoms with Crippen LogP contribution in [0.5, 0.6) is 5.75 Å². The number of sulfonamides is 1. The molecule has 0 heterocycles. The Bertz CT molecular complexity index is 937. The van der Waals surface area contributed by atoms with Gasteiger partial charge in [-0.3, -0.25) is 4.79 Å². The van der Waals surface area contributed by atoms with Crippen molar-refractivity contribution in [1.82, 2.24) is 4.72 Å². The van der Waals surface area contributed by atoms with Gasteiger partial charge in [-0.2, -0.15) is 5.26 Å². The van der Waals surface area contributed by atoms with E-state index in [0.29, 0.717) is 0 Å². The van der Waals surface area contributed by atoms with Crippen molar-refractivity contribution < 1.29 is 22.3 Å². The molecule has 7 nitrogen and oxygen atoms in total. The van der Waals surface area contributed by atoms with Crippen LogP contribution in [0.15, 0.2) is 47.4 Å². The summed E-state index contributed by atoms with van der Waals surface area (Å²) in [5.41, 5.74) is 0.445. The molecule has 2 N–H and O–H groups in total. The van der Waals surface area contributed by atoms with E-state index in [1.54, 1.807) is 0 Å². The second-order valence-electron chi connectivity index (χ2n) is 5.13. The summed E-state index contributed by atoms with van der Waals surface area (Å²) in [5, 5.41) is 11.0. The molecule has 136 valence electrons. The van der Waals surface area contributed by atoms with E-state index in [1.165, 1.54) is 43.5 Å². The van der Waals surface area contributed by atoms with Crippen molar-refractivity contribution in [3.63, 3.8) is 0 Å². The van der Waals surface area contributed by atoms with E-state index in [1.807, 2.05) is 6.07 Å². The normalized spacial score (nSPS) is 10.8. The van der Waals surface area contributed by atoms with E-state index >= 15 is 0 Å². The maximum Gasteiger partial charge on any atom is 0.255 e. The monoisotopic (exact) mass is 377 g/mol. The Morgan fingerprint density at radius 1 is 1.23 bits per heavy atom. The maximum absolute atomic E-state index is 13.6. The highest BCUT2D eigenvalue weighted by Crippen LogP contribution is 2.21. The number of hydrogen-bond acceptors (Lipinski definition) is 5. The fraction of sp³-hybridized carbons (Fsp3) is 0.176. The zero-order chi connectivity index (χ0) is 19.2. The number of carbonyl (C=O) groups is 1. The molecule has 0 unspecified atom stereocenters. The fourth-order valence-corrected chi connectivity index (χ4v) is 3.09. The van der Waals surface area contributed by atoms with Gasteiger partial charge in [-0.25, -0.2) is 17.5 Å². The van der Waals surface area contributed by atoms with Crippen molar-refractivity contribution in [1.29, 1.82) is 5.26 Å². The van der Waals surface area contributed by atoms with E-state index in [-0.39, 0.29) is 34.9 Å². The van der Waals surface area contributed by atoms with E-state index in [9.17, 15) is 17.6 Å². The predicted octanol–water partition coefficient (Wildman–Crippen LogP) is 2.28. The molecule has 0 fully saturated rings. The summed E-state index contributed by atoms with van der Waals surface area (Å²) in [4.78, 5) is 12.2. The van der Waals surface area contributed by atoms with Gasteiger partial charge in [-0.05, 0) is 36.4 Å². The molecule has 0 bridgehead atoms. The van der Waals surface area contributed by atoms with Crippen molar-refractivity contribution in [3.8, 4) is 11.8 Å². The van der Waals surface area contributed by atoms with Crippen molar-refractivity contribution in [2.75, 3.05) is 19.0 Å². The largest absolute Gasteiger partial charge is 0.494 e. The van der Waals surface area contributed by atoms with Crippen LogP contribution in [0, 0.1) is 17.1 Å². The van der Waals surface area contributed by atoms with Gasteiger partial charge in [0.1, 0.15) is 0 Å². The number of hydrogen-bond donors (Lipinski definition) is 2. The highest BCUT2D eigenvalue weighted by atomic mass is 32.2. The molecule has 0 spiro atoms. The van der Waals surface area contributed by atoms with Crippen molar-refractivity contribution in [3.05, 3.63) is 53.8 Å². The Labute approximate surface area is 150 Å². The molecule has 0 aliphatic carbocycles. The first-order valence-corrected chi connectivity index (χ1v) is 8.97. The number of benzene rings is 2. The van der Waals surface area contributed by atoms with Crippen LogP contribution in [0.4, 0.5) is 10.1 Å². The molecule has 0 aliphatic heterocycles. The summed E-state index contributed by atoms with van der Waals surface area (Å²) in [6.07, 6.45) is 0.0537. The van der Waals surface area contributed by atoms with Gasteiger partial charge < -0.3 is 10.1 Å². The number of nitriles is 1. The number of methoxy groups -OCH3 is 1. The van der Waals surface area contributed by atoms with Gasteiger partial charge in [0, 0.05) is 30.3 Å². The molecule has 1 amide bonds. The van der Waals surface area contributed by atoms with Crippen molar-refractivity contribution >= 4 is 21.6 Å². The van der Waals surface area contributed by atoms with Crippen LogP contribution < -0.4 is 14.8 Å². The molecule has 2 rings (SSSR count). The van der Waals surface area contributed by atoms with Gasteiger partial charge in [0.2, 0.25) is 10.0 Å². The molecule has 2 aromatic carbocycles. The molecule has 26 heavy (non-hydrogen) atoms. The van der Waals surface area contributed by atoms with E-state index < -0.39 is 21.7 Å². The van der Waals surface area contributed by atoms with Gasteiger partial charge in [0.15, 0.2) is 11.6 Å². The summed E-state index contributed by atoms with van der Waals surface area (Å²) in [7, 11) is -2.41. The molecular weight excluding hydrogens is 361 g/mol. The Hall–Kier alpha value is -2.96. The lowest BCUT2D eigenvalue weighted by atomic mass is 10.2. The molecule has 0 saturated carbocycles. The first-order chi connectivity index (χ1) is 12.4. The van der Waals surface area contributed by atoms with Crippen LogP contribution in [-0.2, 0) is 10.0 Å². The quantitative estimate of drug-likeness (QED) is 0.720. The standard InChI is InChI=1S/C17H16FN3O4S/c1-25-16-8-5-13(11-15(16)18)21-17(22)12-3-6-14(7-4-12)26(23,24)20-10-2-9-19/h3-8,11,20H,2,10H2,1H3,(H,21,22). The van der Waals surface area contributed by atoms with Crippen LogP contribution in [0.2, 0.25) is 0 Å². The molecule has 9 heteroatoms. The Balaban J connectivity index is 2.09. The number of nitrogens with zero attached hydrogens (tertiary/aromatic N) is 1. The minimum absolute atomic E-state index is 0.00407. The maximum atomic E-state index is 13.6. The first-order valence-electron chi connectivity index (χ1n) is 7.49. The average molecular weight is 377 g/mol. The second kappa shape index (κ2) is 8.42. The van der Waals surface area contributed by atoms with Gasteiger partial charge in [0.05, 0.1) is 18.1 Å². The van der Waals surface area contributed by atoms with Crippen LogP contribution in [0.3, 0.4) is 0 Å². The molecule has 2 aromatic rings. The number of amides is 1. The topological polar surface area (TPSA) is 108 Å². The minimum Gasteiger partial charge on any atom is -0.494 e. The summed E-state index contributed by atoms with van der Waals surface area (Å²) >= 11 is 0. The fourth-order valence-electron chi connectivity index (χ4n) is 2.06. The summed E-state index contributed by atoms with van der Waals surface area (Å²) in [6, 6.07) is 11.1. The lowest BCUT2D eigenvalue weighted by Crippen LogP contribution is -2.24. The van der Waals surface area contributed by atoms with Crippen LogP contribution in [-0.4, -0.2) is 28.0 Å². The molecule has 0 aromatic heterocycles. The summed E-state index contributed by atoms with van der Waals surface area (Å²) in [5.74, 6) is -1.08. The number of halogens is 1. The average Bonchev–Trinajstić information content (AvgIpc) is 2.62. The summed E-state index contributed by atoms with van der Waals surface area (Å²) in [6.45, 7) is 0.00407. The molecule has 0 atom stereocenters. The van der Waals surface area contributed by atoms with Crippen LogP contribution in [0.1, 0.15) is 16.8 Å². The Kier molecular flexibility index (Phi) is 6.27. The van der Waals surface area contributed by atoms with Gasteiger partial charge >= 0.3 is 0 Å². The van der Waals surface area contributed by atoms with Crippen molar-refractivity contribution in [2.45, 2.75) is 11.3 Å². The zero-order valence-electron chi connectivity index (χ0n) is 13.8. The highest BCUT2D eigenvalue weighted by molar-refractivity contribution is 7.89. The third-order valence-electron chi connectivity index (χ3n) is 3.37. The van der Waals surface area contributed by atoms with E-state index in [0.717, 1.165) is 6.07 Å². The minimum atomic E-state index is -3.74. The second-order valence-corrected chi connectivity index (χ2v) is 6.90. The number of rotatable bonds is 7. The predicted molar refractivity (Wildman–Crippen MR) is 92.8 cm³/mol. The molecule has 0 saturated heterocycles.